The van der Waals surface area contributed by atoms with Crippen molar-refractivity contribution >= 4 is 33.2 Å². The summed E-state index contributed by atoms with van der Waals surface area (Å²) < 4.78 is 5.80. The molecule has 0 radical (unpaired) electrons. The molecule has 2 aromatic rings. The molecule has 5 nitrogen and oxygen atoms in total. The van der Waals surface area contributed by atoms with Gasteiger partial charge >= 0.3 is 0 Å². The molecule has 0 unspecified atom stereocenters. The number of hydrogen-bond acceptors (Lipinski definition) is 4. The molecule has 2 aliphatic rings. The van der Waals surface area contributed by atoms with Crippen LogP contribution in [0.2, 0.25) is 0 Å². The molecule has 4 rings (SSSR count). The zero-order valence-electron chi connectivity index (χ0n) is 11.4. The van der Waals surface area contributed by atoms with Gasteiger partial charge in [0.2, 0.25) is 11.3 Å². The van der Waals surface area contributed by atoms with Crippen LogP contribution in [0.5, 0.6) is 0 Å². The number of aromatic nitrogens is 1. The quantitative estimate of drug-likeness (QED) is 0.322. The predicted molar refractivity (Wildman–Crippen MR) is 82.0 cm³/mol. The van der Waals surface area contributed by atoms with E-state index < -0.39 is 0 Å². The predicted octanol–water partition coefficient (Wildman–Crippen LogP) is -0.966. The summed E-state index contributed by atoms with van der Waals surface area (Å²) in [4.78, 5) is 15.3. The van der Waals surface area contributed by atoms with E-state index in [1.165, 1.54) is 0 Å². The number of anilines is 2. The molecule has 0 amide bonds. The summed E-state index contributed by atoms with van der Waals surface area (Å²) in [6.07, 6.45) is 0. The van der Waals surface area contributed by atoms with Gasteiger partial charge < -0.3 is 28.3 Å². The maximum atomic E-state index is 12.2. The van der Waals surface area contributed by atoms with E-state index in [0.717, 1.165) is 16.3 Å². The highest BCUT2D eigenvalue weighted by Crippen LogP contribution is 2.26. The van der Waals surface area contributed by atoms with Crippen molar-refractivity contribution in [3.8, 4) is 11.5 Å². The summed E-state index contributed by atoms with van der Waals surface area (Å²) in [5.74, 6) is 0.398. The average molecular weight is 314 g/mol. The van der Waals surface area contributed by atoms with Crippen LogP contribution < -0.4 is 34.3 Å². The minimum atomic E-state index is -0.344. The maximum Gasteiger partial charge on any atom is 0.297 e. The largest absolute Gasteiger partial charge is 1.00 e. The highest BCUT2D eigenvalue weighted by atomic mass is 35.5. The summed E-state index contributed by atoms with van der Waals surface area (Å²) in [5.41, 5.74) is 13.0. The topological polar surface area (TPSA) is 96.4 Å². The Morgan fingerprint density at radius 1 is 1.00 bits per heavy atom. The van der Waals surface area contributed by atoms with Crippen molar-refractivity contribution in [2.45, 2.75) is 0 Å². The Labute approximate surface area is 131 Å². The smallest absolute Gasteiger partial charge is 0.297 e. The minimum absolute atomic E-state index is 0. The van der Waals surface area contributed by atoms with Gasteiger partial charge in [-0.15, -0.1) is 0 Å². The first kappa shape index (κ1) is 14.2. The Hall–Kier alpha value is -2.79. The van der Waals surface area contributed by atoms with Crippen molar-refractivity contribution in [2.75, 3.05) is 11.5 Å². The third-order valence-electron chi connectivity index (χ3n) is 3.64. The first-order valence-electron chi connectivity index (χ1n) is 6.50. The lowest BCUT2D eigenvalue weighted by molar-refractivity contribution is -0.334. The molecule has 0 bridgehead atoms. The van der Waals surface area contributed by atoms with Crippen molar-refractivity contribution in [1.29, 1.82) is 0 Å². The number of fused-ring (bicyclic) bond motifs is 3. The molecule has 1 heterocycles. The van der Waals surface area contributed by atoms with Crippen LogP contribution in [0.3, 0.4) is 0 Å². The third kappa shape index (κ3) is 1.95. The number of nitrogens with two attached hydrogens (primary N) is 2. The highest BCUT2D eigenvalue weighted by Gasteiger charge is 2.23. The molecule has 0 spiro atoms. The number of halogens is 1. The van der Waals surface area contributed by atoms with E-state index in [9.17, 15) is 4.79 Å². The second-order valence-corrected chi connectivity index (χ2v) is 5.00. The normalized spacial score (nSPS) is 10.9. The Morgan fingerprint density at radius 3 is 2.41 bits per heavy atom. The molecule has 5 N–H and O–H groups in total. The van der Waals surface area contributed by atoms with Crippen LogP contribution in [-0.2, 0) is 0 Å². The van der Waals surface area contributed by atoms with Crippen LogP contribution in [0, 0.1) is 0 Å². The van der Waals surface area contributed by atoms with Gasteiger partial charge in [-0.2, -0.15) is 4.98 Å². The Kier molecular flexibility index (Phi) is 3.15. The number of benzene rings is 3. The van der Waals surface area contributed by atoms with Crippen molar-refractivity contribution in [3.63, 3.8) is 0 Å². The summed E-state index contributed by atoms with van der Waals surface area (Å²) in [6.45, 7) is 0. The SMILES string of the molecule is Nc1cc2oc3cc4ccccc4cc3[nH+]c-2c(=O)c1N.[Cl-]. The Bertz CT molecular complexity index is 1040. The van der Waals surface area contributed by atoms with Crippen molar-refractivity contribution in [2.24, 2.45) is 0 Å². The fourth-order valence-electron chi connectivity index (χ4n) is 2.52. The van der Waals surface area contributed by atoms with Gasteiger partial charge in [-0.3, -0.25) is 4.79 Å². The van der Waals surface area contributed by atoms with Gasteiger partial charge in [-0.1, -0.05) is 24.3 Å². The number of nitrogens with one attached hydrogen (secondary N) is 1. The van der Waals surface area contributed by atoms with Crippen LogP contribution in [-0.4, -0.2) is 0 Å². The Balaban J connectivity index is 0.00000144. The third-order valence-corrected chi connectivity index (χ3v) is 3.64. The summed E-state index contributed by atoms with van der Waals surface area (Å²) in [5, 5.41) is 2.12. The van der Waals surface area contributed by atoms with E-state index in [2.05, 4.69) is 4.98 Å². The molecule has 0 fully saturated rings. The molecule has 1 aliphatic carbocycles. The average Bonchev–Trinajstić information content (AvgIpc) is 2.49. The molecule has 6 heteroatoms. The van der Waals surface area contributed by atoms with E-state index in [1.807, 2.05) is 36.4 Å². The molecular formula is C16H12ClN3O2. The first-order valence-corrected chi connectivity index (χ1v) is 6.50. The van der Waals surface area contributed by atoms with E-state index in [4.69, 9.17) is 15.9 Å². The minimum Gasteiger partial charge on any atom is -1.00 e. The number of H-pyrrole nitrogens is 1. The van der Waals surface area contributed by atoms with Gasteiger partial charge in [0.05, 0.1) is 5.69 Å². The van der Waals surface area contributed by atoms with Gasteiger partial charge in [-0.05, 0) is 16.8 Å². The first-order chi connectivity index (χ1) is 10.1. The number of aromatic amines is 1. The van der Waals surface area contributed by atoms with Crippen molar-refractivity contribution in [1.82, 2.24) is 0 Å². The maximum absolute atomic E-state index is 12.2. The van der Waals surface area contributed by atoms with Crippen LogP contribution in [0.15, 0.2) is 51.7 Å². The van der Waals surface area contributed by atoms with E-state index in [0.29, 0.717) is 17.0 Å². The van der Waals surface area contributed by atoms with Crippen LogP contribution in [0.25, 0.3) is 33.3 Å². The molecule has 1 aliphatic heterocycles. The second kappa shape index (κ2) is 4.89. The number of hydrogen-bond donors (Lipinski definition) is 2. The molecule has 2 aromatic carbocycles. The fourth-order valence-corrected chi connectivity index (χ4v) is 2.52. The second-order valence-electron chi connectivity index (χ2n) is 5.00. The molecule has 110 valence electrons. The van der Waals surface area contributed by atoms with Gasteiger partial charge in [-0.25, -0.2) is 0 Å². The van der Waals surface area contributed by atoms with Gasteiger partial charge in [0.25, 0.3) is 11.1 Å². The van der Waals surface area contributed by atoms with Gasteiger partial charge in [0.15, 0.2) is 5.58 Å². The van der Waals surface area contributed by atoms with Crippen LogP contribution in [0.1, 0.15) is 0 Å². The van der Waals surface area contributed by atoms with Crippen LogP contribution >= 0.6 is 0 Å². The lowest BCUT2D eigenvalue weighted by Gasteiger charge is -2.05. The van der Waals surface area contributed by atoms with Crippen molar-refractivity contribution in [3.05, 3.63) is 52.7 Å². The lowest BCUT2D eigenvalue weighted by Crippen LogP contribution is -3.00. The van der Waals surface area contributed by atoms with Crippen molar-refractivity contribution < 1.29 is 21.8 Å². The van der Waals surface area contributed by atoms with E-state index >= 15 is 0 Å². The molecular weight excluding hydrogens is 302 g/mol. The monoisotopic (exact) mass is 313 g/mol. The van der Waals surface area contributed by atoms with E-state index in [1.54, 1.807) is 6.07 Å². The zero-order chi connectivity index (χ0) is 14.6. The van der Waals surface area contributed by atoms with Crippen LogP contribution in [0.4, 0.5) is 11.4 Å². The van der Waals surface area contributed by atoms with Gasteiger partial charge in [0.1, 0.15) is 5.69 Å². The molecule has 0 saturated heterocycles. The zero-order valence-corrected chi connectivity index (χ0v) is 12.1. The number of rotatable bonds is 0. The summed E-state index contributed by atoms with van der Waals surface area (Å²) in [6, 6.07) is 13.4. The summed E-state index contributed by atoms with van der Waals surface area (Å²) in [7, 11) is 0. The van der Waals surface area contributed by atoms with E-state index in [-0.39, 0.29) is 29.2 Å². The highest BCUT2D eigenvalue weighted by molar-refractivity contribution is 5.93. The standard InChI is InChI=1S/C16H11N3O2.ClH/c17-10-7-13-15(16(20)14(10)18)19-11-5-8-3-1-2-4-9(8)6-12(11)21-13;/h1-7H,17-18H2;1H. The van der Waals surface area contributed by atoms with Gasteiger partial charge in [0, 0.05) is 12.1 Å². The molecule has 0 saturated carbocycles. The molecule has 22 heavy (non-hydrogen) atoms. The Morgan fingerprint density at radius 2 is 1.68 bits per heavy atom. The number of nitrogen functional groups attached to an aromatic ring is 2. The molecule has 0 aromatic heterocycles. The molecule has 0 atom stereocenters. The lowest BCUT2D eigenvalue weighted by atomic mass is 10.1. The summed E-state index contributed by atoms with van der Waals surface area (Å²) >= 11 is 0. The fraction of sp³-hybridized carbons (Fsp3) is 0.